The van der Waals surface area contributed by atoms with Crippen molar-refractivity contribution in [2.45, 2.75) is 6.61 Å². The van der Waals surface area contributed by atoms with Gasteiger partial charge in [0.25, 0.3) is 0 Å². The molecule has 0 amide bonds. The van der Waals surface area contributed by atoms with E-state index in [2.05, 4.69) is 22.7 Å². The molecular formula is C15H14FN3OS. The molecule has 0 heterocycles. The second kappa shape index (κ2) is 7.35. The number of hydrogen-bond donors (Lipinski definition) is 2. The molecule has 2 rings (SSSR count). The lowest BCUT2D eigenvalue weighted by atomic mass is 10.2. The van der Waals surface area contributed by atoms with Gasteiger partial charge in [0.05, 0.1) is 6.21 Å². The Balaban J connectivity index is 1.88. The third kappa shape index (κ3) is 5.19. The lowest BCUT2D eigenvalue weighted by Gasteiger charge is -2.06. The molecule has 108 valence electrons. The van der Waals surface area contributed by atoms with E-state index in [1.165, 1.54) is 12.1 Å². The van der Waals surface area contributed by atoms with Crippen LogP contribution >= 0.6 is 12.2 Å². The fraction of sp³-hybridized carbons (Fsp3) is 0.0667. The minimum atomic E-state index is -0.257. The Morgan fingerprint density at radius 2 is 1.86 bits per heavy atom. The molecule has 21 heavy (non-hydrogen) atoms. The minimum Gasteiger partial charge on any atom is -0.489 e. The molecule has 0 aliphatic heterocycles. The highest BCUT2D eigenvalue weighted by atomic mass is 32.1. The van der Waals surface area contributed by atoms with Crippen molar-refractivity contribution in [1.29, 1.82) is 0 Å². The fourth-order valence-electron chi connectivity index (χ4n) is 1.57. The van der Waals surface area contributed by atoms with Gasteiger partial charge in [0.1, 0.15) is 18.2 Å². The van der Waals surface area contributed by atoms with Gasteiger partial charge in [0.15, 0.2) is 5.11 Å². The first-order valence-electron chi connectivity index (χ1n) is 6.19. The third-order valence-electron chi connectivity index (χ3n) is 2.59. The third-order valence-corrected chi connectivity index (χ3v) is 2.68. The van der Waals surface area contributed by atoms with Gasteiger partial charge in [-0.2, -0.15) is 5.10 Å². The highest BCUT2D eigenvalue weighted by Gasteiger charge is 1.97. The van der Waals surface area contributed by atoms with Crippen molar-refractivity contribution in [2.24, 2.45) is 10.8 Å². The average Bonchev–Trinajstić information content (AvgIpc) is 2.48. The summed E-state index contributed by atoms with van der Waals surface area (Å²) in [4.78, 5) is 0. The van der Waals surface area contributed by atoms with Gasteiger partial charge >= 0.3 is 0 Å². The first kappa shape index (κ1) is 14.9. The van der Waals surface area contributed by atoms with Crippen LogP contribution in [0.15, 0.2) is 53.6 Å². The number of ether oxygens (including phenoxy) is 1. The van der Waals surface area contributed by atoms with E-state index in [1.807, 2.05) is 24.3 Å². The van der Waals surface area contributed by atoms with Crippen molar-refractivity contribution >= 4 is 23.5 Å². The Morgan fingerprint density at radius 3 is 2.48 bits per heavy atom. The van der Waals surface area contributed by atoms with E-state index >= 15 is 0 Å². The number of benzene rings is 2. The molecule has 6 heteroatoms. The van der Waals surface area contributed by atoms with Crippen molar-refractivity contribution in [3.05, 3.63) is 65.5 Å². The topological polar surface area (TPSA) is 59.6 Å². The zero-order valence-corrected chi connectivity index (χ0v) is 11.9. The average molecular weight is 303 g/mol. The van der Waals surface area contributed by atoms with Crippen LogP contribution in [0.5, 0.6) is 5.75 Å². The number of nitrogens with zero attached hydrogens (tertiary/aromatic N) is 1. The van der Waals surface area contributed by atoms with Crippen LogP contribution in [0.1, 0.15) is 11.1 Å². The van der Waals surface area contributed by atoms with Gasteiger partial charge in [-0.15, -0.1) is 0 Å². The van der Waals surface area contributed by atoms with Crippen LogP contribution in [-0.2, 0) is 6.61 Å². The molecule has 2 aromatic carbocycles. The second-order valence-electron chi connectivity index (χ2n) is 4.22. The highest BCUT2D eigenvalue weighted by Crippen LogP contribution is 2.13. The van der Waals surface area contributed by atoms with Gasteiger partial charge in [0.2, 0.25) is 0 Å². The van der Waals surface area contributed by atoms with Crippen molar-refractivity contribution in [1.82, 2.24) is 5.43 Å². The van der Waals surface area contributed by atoms with Crippen molar-refractivity contribution in [3.8, 4) is 5.75 Å². The summed E-state index contributed by atoms with van der Waals surface area (Å²) >= 11 is 4.63. The normalized spacial score (nSPS) is 10.5. The minimum absolute atomic E-state index is 0.116. The van der Waals surface area contributed by atoms with E-state index in [4.69, 9.17) is 10.5 Å². The zero-order valence-electron chi connectivity index (χ0n) is 11.1. The molecule has 0 radical (unpaired) electrons. The van der Waals surface area contributed by atoms with Crippen LogP contribution < -0.4 is 15.9 Å². The standard InChI is InChI=1S/C15H14FN3OS/c16-13-5-1-12(2-6-13)10-20-14-7-3-11(4-8-14)9-18-19-15(17)21/h1-9H,10H2,(H3,17,19,21). The summed E-state index contributed by atoms with van der Waals surface area (Å²) in [5.41, 5.74) is 9.51. The molecule has 0 bridgehead atoms. The maximum atomic E-state index is 12.8. The number of halogens is 1. The second-order valence-corrected chi connectivity index (χ2v) is 4.66. The van der Waals surface area contributed by atoms with Crippen LogP contribution in [0, 0.1) is 5.82 Å². The van der Waals surface area contributed by atoms with Crippen LogP contribution in [0.3, 0.4) is 0 Å². The van der Waals surface area contributed by atoms with Gasteiger partial charge < -0.3 is 10.5 Å². The number of hydrogen-bond acceptors (Lipinski definition) is 3. The number of nitrogens with one attached hydrogen (secondary N) is 1. The maximum Gasteiger partial charge on any atom is 0.184 e. The summed E-state index contributed by atoms with van der Waals surface area (Å²) in [6.07, 6.45) is 1.60. The predicted molar refractivity (Wildman–Crippen MR) is 84.7 cm³/mol. The molecular weight excluding hydrogens is 289 g/mol. The smallest absolute Gasteiger partial charge is 0.184 e. The molecule has 0 saturated carbocycles. The van der Waals surface area contributed by atoms with Gasteiger partial charge in [-0.05, 0) is 59.7 Å². The van der Waals surface area contributed by atoms with Crippen molar-refractivity contribution in [2.75, 3.05) is 0 Å². The summed E-state index contributed by atoms with van der Waals surface area (Å²) in [5.74, 6) is 0.465. The summed E-state index contributed by atoms with van der Waals surface area (Å²) in [6, 6.07) is 13.6. The van der Waals surface area contributed by atoms with Gasteiger partial charge in [-0.1, -0.05) is 12.1 Å². The quantitative estimate of drug-likeness (QED) is 0.506. The molecule has 0 atom stereocenters. The van der Waals surface area contributed by atoms with Crippen LogP contribution in [0.25, 0.3) is 0 Å². The molecule has 3 N–H and O–H groups in total. The van der Waals surface area contributed by atoms with Crippen LogP contribution in [0.2, 0.25) is 0 Å². The Kier molecular flexibility index (Phi) is 5.22. The molecule has 0 spiro atoms. The fourth-order valence-corrected chi connectivity index (χ4v) is 1.62. The molecule has 0 unspecified atom stereocenters. The molecule has 4 nitrogen and oxygen atoms in total. The first-order valence-corrected chi connectivity index (χ1v) is 6.60. The number of rotatable bonds is 5. The molecule has 0 fully saturated rings. The van der Waals surface area contributed by atoms with E-state index < -0.39 is 0 Å². The van der Waals surface area contributed by atoms with E-state index in [-0.39, 0.29) is 10.9 Å². The Bertz CT molecular complexity index is 626. The zero-order chi connectivity index (χ0) is 15.1. The van der Waals surface area contributed by atoms with E-state index in [0.29, 0.717) is 6.61 Å². The molecule has 0 saturated heterocycles. The lowest BCUT2D eigenvalue weighted by molar-refractivity contribution is 0.306. The van der Waals surface area contributed by atoms with E-state index in [0.717, 1.165) is 16.9 Å². The SMILES string of the molecule is NC(=S)NN=Cc1ccc(OCc2ccc(F)cc2)cc1. The Hall–Kier alpha value is -2.47. The summed E-state index contributed by atoms with van der Waals surface area (Å²) in [5, 5.41) is 3.97. The molecule has 0 aliphatic rings. The molecule has 0 aliphatic carbocycles. The van der Waals surface area contributed by atoms with E-state index in [9.17, 15) is 4.39 Å². The van der Waals surface area contributed by atoms with Gasteiger partial charge in [-0.3, -0.25) is 5.43 Å². The number of hydrazone groups is 1. The number of thiocarbonyl (C=S) groups is 1. The largest absolute Gasteiger partial charge is 0.489 e. The summed E-state index contributed by atoms with van der Waals surface area (Å²) in [7, 11) is 0. The lowest BCUT2D eigenvalue weighted by Crippen LogP contribution is -2.23. The van der Waals surface area contributed by atoms with Crippen LogP contribution in [-0.4, -0.2) is 11.3 Å². The van der Waals surface area contributed by atoms with Gasteiger partial charge in [0, 0.05) is 0 Å². The summed E-state index contributed by atoms with van der Waals surface area (Å²) in [6.45, 7) is 0.386. The Labute approximate surface area is 127 Å². The first-order chi connectivity index (χ1) is 10.1. The summed E-state index contributed by atoms with van der Waals surface area (Å²) < 4.78 is 18.4. The monoisotopic (exact) mass is 303 g/mol. The van der Waals surface area contributed by atoms with Crippen molar-refractivity contribution < 1.29 is 9.13 Å². The number of nitrogens with two attached hydrogens (primary N) is 1. The van der Waals surface area contributed by atoms with E-state index in [1.54, 1.807) is 18.3 Å². The molecule has 2 aromatic rings. The molecule has 0 aromatic heterocycles. The van der Waals surface area contributed by atoms with Crippen LogP contribution in [0.4, 0.5) is 4.39 Å². The predicted octanol–water partition coefficient (Wildman–Crippen LogP) is 2.57. The van der Waals surface area contributed by atoms with Gasteiger partial charge in [-0.25, -0.2) is 4.39 Å². The Morgan fingerprint density at radius 1 is 1.19 bits per heavy atom. The maximum absolute atomic E-state index is 12.8. The van der Waals surface area contributed by atoms with Crippen molar-refractivity contribution in [3.63, 3.8) is 0 Å². The highest BCUT2D eigenvalue weighted by molar-refractivity contribution is 7.80.